The molecule has 0 spiro atoms. The number of carbonyl (C=O) groups is 6. The zero-order valence-electron chi connectivity index (χ0n) is 23.8. The molecule has 1 aliphatic heterocycles. The molecular weight excluding hydrogens is 556 g/mol. The molecule has 42 heavy (non-hydrogen) atoms. The number of unbranched alkanes of at least 4 members (excludes halogenated alkanes) is 3. The molecule has 0 amide bonds. The summed E-state index contributed by atoms with van der Waals surface area (Å²) in [5, 5.41) is 0. The van der Waals surface area contributed by atoms with E-state index in [9.17, 15) is 28.8 Å². The molecule has 0 saturated carbocycles. The summed E-state index contributed by atoms with van der Waals surface area (Å²) < 4.78 is 36.5. The van der Waals surface area contributed by atoms with E-state index in [0.29, 0.717) is 38.5 Å². The minimum atomic E-state index is -1.03. The number of carbonyl (C=O) groups excluding carboxylic acids is 6. The summed E-state index contributed by atoms with van der Waals surface area (Å²) in [5.41, 5.74) is 0. The first-order chi connectivity index (χ1) is 20.2. The predicted molar refractivity (Wildman–Crippen MR) is 145 cm³/mol. The highest BCUT2D eigenvalue weighted by Crippen LogP contribution is 2.23. The Balaban J connectivity index is 2.58. The third-order valence-electron chi connectivity index (χ3n) is 5.67. The van der Waals surface area contributed by atoms with Crippen LogP contribution >= 0.6 is 0 Å². The van der Waals surface area contributed by atoms with Crippen molar-refractivity contribution in [2.75, 3.05) is 26.4 Å². The van der Waals surface area contributed by atoms with Crippen molar-refractivity contribution in [2.24, 2.45) is 0 Å². The van der Waals surface area contributed by atoms with E-state index in [4.69, 9.17) is 33.2 Å². The Morgan fingerprint density at radius 2 is 0.952 bits per heavy atom. The van der Waals surface area contributed by atoms with E-state index in [0.717, 1.165) is 18.2 Å². The van der Waals surface area contributed by atoms with Crippen LogP contribution in [0.4, 0.5) is 0 Å². The topological polar surface area (TPSA) is 167 Å². The summed E-state index contributed by atoms with van der Waals surface area (Å²) in [6.07, 6.45) is 2.80. The second-order valence-electron chi connectivity index (χ2n) is 9.03. The van der Waals surface area contributed by atoms with Crippen LogP contribution < -0.4 is 0 Å². The van der Waals surface area contributed by atoms with Gasteiger partial charge in [0.2, 0.25) is 6.29 Å². The van der Waals surface area contributed by atoms with Gasteiger partial charge < -0.3 is 33.2 Å². The molecule has 3 unspecified atom stereocenters. The first-order valence-corrected chi connectivity index (χ1v) is 13.8. The summed E-state index contributed by atoms with van der Waals surface area (Å²) in [6, 6.07) is 0. The normalized spacial score (nSPS) is 17.6. The van der Waals surface area contributed by atoms with Crippen molar-refractivity contribution < 1.29 is 61.9 Å². The van der Waals surface area contributed by atoms with Gasteiger partial charge in [-0.25, -0.2) is 14.4 Å². The van der Waals surface area contributed by atoms with Crippen LogP contribution in [-0.2, 0) is 61.9 Å². The van der Waals surface area contributed by atoms with Crippen molar-refractivity contribution in [1.82, 2.24) is 0 Å². The number of rotatable bonds is 21. The molecule has 3 atom stereocenters. The van der Waals surface area contributed by atoms with Crippen LogP contribution in [0.1, 0.15) is 64.2 Å². The summed E-state index contributed by atoms with van der Waals surface area (Å²) in [4.78, 5) is 70.4. The van der Waals surface area contributed by atoms with E-state index in [-0.39, 0.29) is 52.1 Å². The van der Waals surface area contributed by atoms with Gasteiger partial charge in [-0.2, -0.15) is 0 Å². The maximum Gasteiger partial charge on any atom is 0.330 e. The minimum Gasteiger partial charge on any atom is -0.463 e. The molecule has 0 bridgehead atoms. The highest BCUT2D eigenvalue weighted by Gasteiger charge is 2.38. The molecule has 1 heterocycles. The molecule has 1 aliphatic rings. The maximum atomic E-state index is 12.5. The molecule has 0 N–H and O–H groups in total. The van der Waals surface area contributed by atoms with Crippen LogP contribution in [0.5, 0.6) is 0 Å². The van der Waals surface area contributed by atoms with Gasteiger partial charge in [0.25, 0.3) is 0 Å². The SMILES string of the molecule is C=CC(=O)OCCCCC(=O)OC1CC(OC(=O)CCCCOC(=O)C=C)C(OC(=O)CCCCOC(=O)C=C)CO1. The lowest BCUT2D eigenvalue weighted by Crippen LogP contribution is -2.47. The number of hydrogen-bond acceptors (Lipinski definition) is 13. The Bertz CT molecular complexity index is 942. The summed E-state index contributed by atoms with van der Waals surface area (Å²) in [7, 11) is 0. The van der Waals surface area contributed by atoms with Crippen LogP contribution in [-0.4, -0.2) is 80.7 Å². The lowest BCUT2D eigenvalue weighted by molar-refractivity contribution is -0.230. The van der Waals surface area contributed by atoms with Crippen LogP contribution in [0.2, 0.25) is 0 Å². The summed E-state index contributed by atoms with van der Waals surface area (Å²) >= 11 is 0. The lowest BCUT2D eigenvalue weighted by atomic mass is 10.1. The molecular formula is C29H40O13. The quantitative estimate of drug-likeness (QED) is 0.0822. The Morgan fingerprint density at radius 3 is 1.36 bits per heavy atom. The fourth-order valence-corrected chi connectivity index (χ4v) is 3.51. The van der Waals surface area contributed by atoms with Gasteiger partial charge in [-0.05, 0) is 38.5 Å². The van der Waals surface area contributed by atoms with Gasteiger partial charge in [0.1, 0.15) is 6.10 Å². The molecule has 0 aliphatic carbocycles. The summed E-state index contributed by atoms with van der Waals surface area (Å²) in [6.45, 7) is 10.1. The predicted octanol–water partition coefficient (Wildman–Crippen LogP) is 2.80. The average Bonchev–Trinajstić information content (AvgIpc) is 2.97. The smallest absolute Gasteiger partial charge is 0.330 e. The average molecular weight is 597 g/mol. The monoisotopic (exact) mass is 596 g/mol. The van der Waals surface area contributed by atoms with Gasteiger partial charge in [-0.15, -0.1) is 0 Å². The van der Waals surface area contributed by atoms with Crippen LogP contribution in [0.3, 0.4) is 0 Å². The fourth-order valence-electron chi connectivity index (χ4n) is 3.51. The van der Waals surface area contributed by atoms with E-state index in [1.165, 1.54) is 0 Å². The van der Waals surface area contributed by atoms with Crippen molar-refractivity contribution in [3.8, 4) is 0 Å². The Kier molecular flexibility index (Phi) is 18.6. The van der Waals surface area contributed by atoms with E-state index >= 15 is 0 Å². The van der Waals surface area contributed by atoms with Crippen molar-refractivity contribution in [3.63, 3.8) is 0 Å². The molecule has 234 valence electrons. The molecule has 13 nitrogen and oxygen atoms in total. The first kappa shape index (κ1) is 36.0. The fraction of sp³-hybridized carbons (Fsp3) is 0.586. The van der Waals surface area contributed by atoms with Crippen LogP contribution in [0.25, 0.3) is 0 Å². The Hall–Kier alpha value is -4.00. The third kappa shape index (κ3) is 17.0. The minimum absolute atomic E-state index is 0.0218. The lowest BCUT2D eigenvalue weighted by Gasteiger charge is -2.34. The second-order valence-corrected chi connectivity index (χ2v) is 9.03. The van der Waals surface area contributed by atoms with Gasteiger partial charge >= 0.3 is 35.8 Å². The van der Waals surface area contributed by atoms with Crippen molar-refractivity contribution in [1.29, 1.82) is 0 Å². The molecule has 1 saturated heterocycles. The highest BCUT2D eigenvalue weighted by atomic mass is 16.7. The van der Waals surface area contributed by atoms with Crippen LogP contribution in [0, 0.1) is 0 Å². The zero-order chi connectivity index (χ0) is 31.2. The van der Waals surface area contributed by atoms with Gasteiger partial charge in [0.15, 0.2) is 6.10 Å². The molecule has 0 aromatic rings. The maximum absolute atomic E-state index is 12.5. The van der Waals surface area contributed by atoms with Crippen LogP contribution in [0.15, 0.2) is 38.0 Å². The molecule has 1 rings (SSSR count). The van der Waals surface area contributed by atoms with E-state index < -0.39 is 54.3 Å². The number of hydrogen-bond donors (Lipinski definition) is 0. The molecule has 1 fully saturated rings. The van der Waals surface area contributed by atoms with Gasteiger partial charge in [0, 0.05) is 37.5 Å². The van der Waals surface area contributed by atoms with Crippen molar-refractivity contribution in [3.05, 3.63) is 38.0 Å². The van der Waals surface area contributed by atoms with Gasteiger partial charge in [-0.1, -0.05) is 19.7 Å². The van der Waals surface area contributed by atoms with Crippen molar-refractivity contribution in [2.45, 2.75) is 82.7 Å². The van der Waals surface area contributed by atoms with Gasteiger partial charge in [0.05, 0.1) is 32.8 Å². The third-order valence-corrected chi connectivity index (χ3v) is 5.67. The van der Waals surface area contributed by atoms with E-state index in [1.807, 2.05) is 0 Å². The second kappa shape index (κ2) is 21.7. The van der Waals surface area contributed by atoms with E-state index in [2.05, 4.69) is 19.7 Å². The zero-order valence-corrected chi connectivity index (χ0v) is 23.8. The molecule has 0 radical (unpaired) electrons. The molecule has 0 aromatic carbocycles. The highest BCUT2D eigenvalue weighted by molar-refractivity contribution is 5.81. The number of esters is 6. The number of ether oxygens (including phenoxy) is 7. The standard InChI is InChI=1S/C29H40O13/c1-4-23(30)36-16-10-7-13-26(33)40-21-19-29(42-28(35)15-9-12-18-38-25(32)6-3)39-20-22(21)41-27(34)14-8-11-17-37-24(31)5-2/h4-6,21-22,29H,1-3,7-20H2. The summed E-state index contributed by atoms with van der Waals surface area (Å²) in [5.74, 6) is -3.34. The largest absolute Gasteiger partial charge is 0.463 e. The Labute approximate surface area is 245 Å². The molecule has 13 heteroatoms. The van der Waals surface area contributed by atoms with Crippen molar-refractivity contribution >= 4 is 35.8 Å². The first-order valence-electron chi connectivity index (χ1n) is 13.8. The Morgan fingerprint density at radius 1 is 0.571 bits per heavy atom. The van der Waals surface area contributed by atoms with Gasteiger partial charge in [-0.3, -0.25) is 14.4 Å². The van der Waals surface area contributed by atoms with E-state index in [1.54, 1.807) is 0 Å². The molecule has 0 aromatic heterocycles.